The van der Waals surface area contributed by atoms with Gasteiger partial charge in [-0.3, -0.25) is 9.36 Å². The molecule has 2 aromatic rings. The Hall–Kier alpha value is -2.55. The van der Waals surface area contributed by atoms with E-state index in [0.717, 1.165) is 12.3 Å². The molecule has 1 aliphatic heterocycles. The average Bonchev–Trinajstić information content (AvgIpc) is 3.09. The summed E-state index contributed by atoms with van der Waals surface area (Å²) in [6, 6.07) is 8.00. The quantitative estimate of drug-likeness (QED) is 0.266. The number of aromatic nitrogens is 2. The second-order valence-electron chi connectivity index (χ2n) is 8.71. The Bertz CT molecular complexity index is 1220. The summed E-state index contributed by atoms with van der Waals surface area (Å²) in [5.41, 5.74) is 1.39. The van der Waals surface area contributed by atoms with Crippen LogP contribution in [0.4, 0.5) is 19.0 Å². The number of ether oxygens (including phenoxy) is 2. The minimum atomic E-state index is -3.85. The van der Waals surface area contributed by atoms with Crippen LogP contribution in [0.15, 0.2) is 47.4 Å². The molecule has 1 aliphatic rings. The number of esters is 1. The molecule has 1 saturated heterocycles. The van der Waals surface area contributed by atoms with Gasteiger partial charge in [0.1, 0.15) is 23.7 Å². The van der Waals surface area contributed by atoms with E-state index >= 15 is 4.39 Å². The van der Waals surface area contributed by atoms with E-state index in [2.05, 4.69) is 10.1 Å². The van der Waals surface area contributed by atoms with Crippen molar-refractivity contribution in [3.05, 3.63) is 53.1 Å². The Morgan fingerprint density at radius 1 is 1.32 bits per heavy atom. The van der Waals surface area contributed by atoms with Gasteiger partial charge in [0, 0.05) is 6.20 Å². The third kappa shape index (κ3) is 6.71. The Morgan fingerprint density at radius 3 is 2.55 bits per heavy atom. The number of hydrogen-bond donors (Lipinski definition) is 3. The predicted octanol–water partition coefficient (Wildman–Crippen LogP) is 2.31. The van der Waals surface area contributed by atoms with E-state index in [4.69, 9.17) is 36.1 Å². The van der Waals surface area contributed by atoms with Crippen molar-refractivity contribution in [1.29, 1.82) is 0 Å². The molecule has 6 atom stereocenters. The highest BCUT2D eigenvalue weighted by atomic mass is 32.5. The number of carbonyl (C=O) groups is 1. The molecule has 0 saturated carbocycles. The Balaban J connectivity index is 1.90. The Morgan fingerprint density at radius 2 is 1.97 bits per heavy atom. The van der Waals surface area contributed by atoms with Crippen LogP contribution in [0, 0.1) is 0 Å². The van der Waals surface area contributed by atoms with E-state index in [1.54, 1.807) is 32.0 Å². The minimum absolute atomic E-state index is 0.182. The first-order chi connectivity index (χ1) is 17.8. The summed E-state index contributed by atoms with van der Waals surface area (Å²) in [4.78, 5) is 28.0. The van der Waals surface area contributed by atoms with Crippen molar-refractivity contribution in [3.63, 3.8) is 0 Å². The number of aliphatic hydroxyl groups excluding tert-OH is 1. The monoisotopic (exact) mass is 580 g/mol. The highest BCUT2D eigenvalue weighted by Crippen LogP contribution is 2.49. The van der Waals surface area contributed by atoms with E-state index in [1.165, 1.54) is 19.1 Å². The lowest BCUT2D eigenvalue weighted by Gasteiger charge is -2.34. The van der Waals surface area contributed by atoms with E-state index < -0.39 is 67.6 Å². The maximum Gasteiger partial charge on any atom is 0.351 e. The fraction of sp³-hybridized carbons (Fsp3) is 0.500. The van der Waals surface area contributed by atoms with Gasteiger partial charge in [-0.2, -0.15) is 4.98 Å². The SMILES string of the molecule is CC(C)OC(=O)[C@H](C)NP(=S)(OC[C@@]1(C(F)F)O[C@@H](n2ccc(N)nc2=O)[C@@H](F)[C@@H]1O)Oc1ccccc1. The lowest BCUT2D eigenvalue weighted by atomic mass is 9.97. The topological polar surface area (TPSA) is 147 Å². The van der Waals surface area contributed by atoms with Crippen molar-refractivity contribution < 1.29 is 41.6 Å². The van der Waals surface area contributed by atoms with E-state index in [0.29, 0.717) is 4.57 Å². The number of alkyl halides is 3. The second-order valence-corrected chi connectivity index (χ2v) is 11.8. The largest absolute Gasteiger partial charge is 0.462 e. The lowest BCUT2D eigenvalue weighted by molar-refractivity contribution is -0.192. The molecule has 0 radical (unpaired) electrons. The van der Waals surface area contributed by atoms with Crippen LogP contribution in [-0.2, 0) is 30.6 Å². The van der Waals surface area contributed by atoms with Crippen molar-refractivity contribution in [2.45, 2.75) is 63.4 Å². The van der Waals surface area contributed by atoms with Gasteiger partial charge in [-0.05, 0) is 50.8 Å². The molecule has 0 aliphatic carbocycles. The van der Waals surface area contributed by atoms with Crippen LogP contribution in [0.5, 0.6) is 5.75 Å². The Labute approximate surface area is 221 Å². The average molecular weight is 581 g/mol. The Kier molecular flexibility index (Phi) is 9.55. The molecule has 210 valence electrons. The number of nitrogens with two attached hydrogens (primary N) is 1. The van der Waals surface area contributed by atoms with Gasteiger partial charge in [0.25, 0.3) is 6.43 Å². The number of nitrogens with zero attached hydrogens (tertiary/aromatic N) is 2. The summed E-state index contributed by atoms with van der Waals surface area (Å²) in [6.45, 7) is -0.338. The molecular weight excluding hydrogens is 552 g/mol. The summed E-state index contributed by atoms with van der Waals surface area (Å²) in [6.07, 6.45) is -9.83. The van der Waals surface area contributed by atoms with E-state index in [1.807, 2.05) is 0 Å². The van der Waals surface area contributed by atoms with Crippen LogP contribution >= 0.6 is 6.64 Å². The molecule has 1 fully saturated rings. The number of para-hydroxylation sites is 1. The zero-order valence-electron chi connectivity index (χ0n) is 20.6. The molecule has 4 N–H and O–H groups in total. The number of halogens is 3. The summed E-state index contributed by atoms with van der Waals surface area (Å²) < 4.78 is 66.2. The van der Waals surface area contributed by atoms with Gasteiger partial charge in [-0.1, -0.05) is 18.2 Å². The van der Waals surface area contributed by atoms with Crippen molar-refractivity contribution in [3.8, 4) is 5.75 Å². The van der Waals surface area contributed by atoms with Crippen molar-refractivity contribution in [2.75, 3.05) is 12.3 Å². The number of aliphatic hydroxyl groups is 1. The molecule has 38 heavy (non-hydrogen) atoms. The normalized spacial score (nSPS) is 25.8. The second kappa shape index (κ2) is 12.1. The number of benzene rings is 1. The standard InChI is InChI=1S/C22H28F3N4O7PS/c1-12(2)34-19(31)13(3)28-37(38,36-14-7-5-4-6-8-14)33-11-22(20(24)25)17(30)16(23)18(35-22)29-10-9-15(26)27-21(29)32/h4-10,12-13,16-18,20,30H,11H2,1-3H3,(H,28,38)(H2,26,27,32)/t13-,16-,17-,18+,22+,37?/m0/s1. The molecule has 0 amide bonds. The highest BCUT2D eigenvalue weighted by molar-refractivity contribution is 8.09. The van der Waals surface area contributed by atoms with Crippen LogP contribution in [-0.4, -0.2) is 63.7 Å². The summed E-state index contributed by atoms with van der Waals surface area (Å²) in [5, 5.41) is 13.2. The van der Waals surface area contributed by atoms with Crippen molar-refractivity contribution in [2.24, 2.45) is 0 Å². The summed E-state index contributed by atoms with van der Waals surface area (Å²) in [7, 11) is 0. The molecule has 1 aromatic carbocycles. The van der Waals surface area contributed by atoms with E-state index in [-0.39, 0.29) is 11.6 Å². The first-order valence-corrected chi connectivity index (χ1v) is 14.0. The fourth-order valence-corrected chi connectivity index (χ4v) is 5.92. The van der Waals surface area contributed by atoms with Crippen LogP contribution in [0.25, 0.3) is 0 Å². The van der Waals surface area contributed by atoms with Gasteiger partial charge >= 0.3 is 18.3 Å². The number of carbonyl (C=O) groups excluding carboxylic acids is 1. The predicted molar refractivity (Wildman–Crippen MR) is 134 cm³/mol. The fourth-order valence-electron chi connectivity index (χ4n) is 3.50. The maximum atomic E-state index is 15.1. The third-order valence-corrected chi connectivity index (χ3v) is 7.88. The van der Waals surface area contributed by atoms with Gasteiger partial charge in [0.05, 0.1) is 12.7 Å². The van der Waals surface area contributed by atoms with Crippen LogP contribution < -0.4 is 21.0 Å². The number of rotatable bonds is 11. The first-order valence-electron chi connectivity index (χ1n) is 11.4. The van der Waals surface area contributed by atoms with Crippen LogP contribution in [0.1, 0.15) is 27.0 Å². The zero-order valence-corrected chi connectivity index (χ0v) is 22.3. The third-order valence-electron chi connectivity index (χ3n) is 5.40. The number of anilines is 1. The number of nitrogen functional groups attached to an aromatic ring is 1. The molecule has 0 spiro atoms. The molecule has 2 heterocycles. The maximum absolute atomic E-state index is 15.1. The summed E-state index contributed by atoms with van der Waals surface area (Å²) >= 11 is 5.48. The zero-order chi connectivity index (χ0) is 28.3. The molecular formula is C22H28F3N4O7PS. The van der Waals surface area contributed by atoms with E-state index in [9.17, 15) is 23.5 Å². The van der Waals surface area contributed by atoms with Gasteiger partial charge in [-0.25, -0.2) is 23.1 Å². The number of hydrogen-bond acceptors (Lipinski definition) is 10. The van der Waals surface area contributed by atoms with Gasteiger partial charge in [0.15, 0.2) is 18.0 Å². The molecule has 16 heteroatoms. The molecule has 11 nitrogen and oxygen atoms in total. The smallest absolute Gasteiger partial charge is 0.351 e. The van der Waals surface area contributed by atoms with Gasteiger partial charge in [-0.15, -0.1) is 0 Å². The molecule has 1 aromatic heterocycles. The molecule has 1 unspecified atom stereocenters. The summed E-state index contributed by atoms with van der Waals surface area (Å²) in [5.74, 6) is -0.708. The van der Waals surface area contributed by atoms with Crippen molar-refractivity contribution >= 4 is 30.2 Å². The van der Waals surface area contributed by atoms with Gasteiger partial charge < -0.3 is 29.4 Å². The lowest BCUT2D eigenvalue weighted by Crippen LogP contribution is -2.52. The van der Waals surface area contributed by atoms with Gasteiger partial charge in [0.2, 0.25) is 0 Å². The minimum Gasteiger partial charge on any atom is -0.462 e. The first kappa shape index (κ1) is 30.0. The number of nitrogens with one attached hydrogen (secondary N) is 1. The molecule has 0 bridgehead atoms. The molecule has 3 rings (SSSR count). The van der Waals surface area contributed by atoms with Crippen molar-refractivity contribution in [1.82, 2.24) is 14.6 Å². The van der Waals surface area contributed by atoms with Crippen LogP contribution in [0.3, 0.4) is 0 Å². The highest BCUT2D eigenvalue weighted by Gasteiger charge is 2.62. The van der Waals surface area contributed by atoms with Crippen LogP contribution in [0.2, 0.25) is 0 Å².